The maximum Gasteiger partial charge on any atom is 0.0647 e. The first-order chi connectivity index (χ1) is 7.65. The highest BCUT2D eigenvalue weighted by molar-refractivity contribution is 6.35. The molecule has 0 amide bonds. The average Bonchev–Trinajstić information content (AvgIpc) is 2.64. The van der Waals surface area contributed by atoms with Crippen LogP contribution in [0.1, 0.15) is 38.7 Å². The number of para-hydroxylation sites is 1. The van der Waals surface area contributed by atoms with E-state index in [0.29, 0.717) is 11.8 Å². The molecule has 0 spiro atoms. The zero-order valence-electron chi connectivity index (χ0n) is 10.0. The topological polar surface area (TPSA) is 15.8 Å². The van der Waals surface area contributed by atoms with Crippen LogP contribution in [0.4, 0.5) is 0 Å². The predicted molar refractivity (Wildman–Crippen MR) is 71.2 cm³/mol. The predicted octanol–water partition coefficient (Wildman–Crippen LogP) is 4.97. The second kappa shape index (κ2) is 4.50. The number of fused-ring (bicyclic) bond motifs is 1. The van der Waals surface area contributed by atoms with E-state index < -0.39 is 0 Å². The summed E-state index contributed by atoms with van der Waals surface area (Å²) in [5.74, 6) is 1.26. The number of halogens is 1. The van der Waals surface area contributed by atoms with Crippen molar-refractivity contribution in [3.05, 3.63) is 35.0 Å². The Labute approximate surface area is 102 Å². The summed E-state index contributed by atoms with van der Waals surface area (Å²) in [6.07, 6.45) is 3.28. The zero-order chi connectivity index (χ0) is 11.7. The largest absolute Gasteiger partial charge is 0.360 e. The Balaban J connectivity index is 2.57. The van der Waals surface area contributed by atoms with Crippen molar-refractivity contribution in [1.29, 1.82) is 0 Å². The fourth-order valence-corrected chi connectivity index (χ4v) is 2.73. The Morgan fingerprint density at radius 3 is 2.69 bits per heavy atom. The van der Waals surface area contributed by atoms with Crippen molar-refractivity contribution in [3.8, 4) is 0 Å². The highest BCUT2D eigenvalue weighted by Crippen LogP contribution is 2.35. The van der Waals surface area contributed by atoms with Crippen molar-refractivity contribution in [1.82, 2.24) is 4.98 Å². The van der Waals surface area contributed by atoms with Crippen molar-refractivity contribution in [3.63, 3.8) is 0 Å². The Morgan fingerprint density at radius 2 is 2.06 bits per heavy atom. The number of nitrogens with one attached hydrogen (secondary N) is 1. The highest BCUT2D eigenvalue weighted by Gasteiger charge is 2.17. The molecular formula is C14H18ClN. The van der Waals surface area contributed by atoms with Gasteiger partial charge in [0.2, 0.25) is 0 Å². The average molecular weight is 236 g/mol. The number of aromatic amines is 1. The minimum Gasteiger partial charge on any atom is -0.360 e. The first-order valence-corrected chi connectivity index (χ1v) is 6.28. The van der Waals surface area contributed by atoms with Crippen LogP contribution >= 0.6 is 11.6 Å². The molecule has 1 heterocycles. The summed E-state index contributed by atoms with van der Waals surface area (Å²) in [4.78, 5) is 3.29. The molecule has 0 radical (unpaired) electrons. The normalized spacial score (nSPS) is 13.6. The second-order valence-electron chi connectivity index (χ2n) is 4.67. The van der Waals surface area contributed by atoms with Gasteiger partial charge in [0.25, 0.3) is 0 Å². The number of hydrogen-bond acceptors (Lipinski definition) is 0. The maximum atomic E-state index is 6.17. The van der Waals surface area contributed by atoms with Crippen LogP contribution < -0.4 is 0 Å². The van der Waals surface area contributed by atoms with Gasteiger partial charge >= 0.3 is 0 Å². The van der Waals surface area contributed by atoms with Gasteiger partial charge < -0.3 is 4.98 Å². The molecule has 0 saturated carbocycles. The minimum atomic E-state index is 0.604. The van der Waals surface area contributed by atoms with E-state index in [9.17, 15) is 0 Å². The monoisotopic (exact) mass is 235 g/mol. The van der Waals surface area contributed by atoms with Crippen LogP contribution in [-0.4, -0.2) is 4.98 Å². The van der Waals surface area contributed by atoms with Crippen molar-refractivity contribution in [2.24, 2.45) is 5.92 Å². The van der Waals surface area contributed by atoms with Gasteiger partial charge in [0.1, 0.15) is 0 Å². The molecule has 1 aromatic heterocycles. The molecule has 1 aromatic carbocycles. The van der Waals surface area contributed by atoms with E-state index in [1.54, 1.807) is 0 Å². The van der Waals surface area contributed by atoms with Crippen molar-refractivity contribution in [2.45, 2.75) is 33.1 Å². The summed E-state index contributed by atoms with van der Waals surface area (Å²) in [7, 11) is 0. The summed E-state index contributed by atoms with van der Waals surface area (Å²) in [5, 5.41) is 2.08. The fourth-order valence-electron chi connectivity index (χ4n) is 2.50. The van der Waals surface area contributed by atoms with Crippen LogP contribution in [0.25, 0.3) is 10.9 Å². The third-order valence-corrected chi connectivity index (χ3v) is 3.66. The van der Waals surface area contributed by atoms with E-state index >= 15 is 0 Å². The fraction of sp³-hybridized carbons (Fsp3) is 0.429. The summed E-state index contributed by atoms with van der Waals surface area (Å²) < 4.78 is 0. The van der Waals surface area contributed by atoms with Crippen LogP contribution in [0.5, 0.6) is 0 Å². The van der Waals surface area contributed by atoms with Crippen LogP contribution in [0.3, 0.4) is 0 Å². The van der Waals surface area contributed by atoms with Gasteiger partial charge in [0.15, 0.2) is 0 Å². The molecular weight excluding hydrogens is 218 g/mol. The van der Waals surface area contributed by atoms with Gasteiger partial charge in [-0.15, -0.1) is 0 Å². The number of H-pyrrole nitrogens is 1. The summed E-state index contributed by atoms with van der Waals surface area (Å²) in [5.41, 5.74) is 2.47. The third-order valence-electron chi connectivity index (χ3n) is 3.34. The molecule has 2 heteroatoms. The molecule has 0 aliphatic heterocycles. The van der Waals surface area contributed by atoms with E-state index in [2.05, 4.69) is 38.0 Å². The Bertz CT molecular complexity index is 484. The molecule has 1 N–H and O–H groups in total. The minimum absolute atomic E-state index is 0.604. The van der Waals surface area contributed by atoms with Gasteiger partial charge in [-0.3, -0.25) is 0 Å². The molecule has 16 heavy (non-hydrogen) atoms. The van der Waals surface area contributed by atoms with Gasteiger partial charge in [-0.25, -0.2) is 0 Å². The van der Waals surface area contributed by atoms with E-state index in [0.717, 1.165) is 17.0 Å². The second-order valence-corrected chi connectivity index (χ2v) is 5.07. The number of aromatic nitrogens is 1. The van der Waals surface area contributed by atoms with Crippen molar-refractivity contribution >= 4 is 22.5 Å². The Morgan fingerprint density at radius 1 is 1.31 bits per heavy atom. The lowest BCUT2D eigenvalue weighted by atomic mass is 9.86. The molecule has 2 rings (SSSR count). The zero-order valence-corrected chi connectivity index (χ0v) is 10.8. The molecule has 0 fully saturated rings. The summed E-state index contributed by atoms with van der Waals surface area (Å²) in [6.45, 7) is 6.79. The molecule has 0 aliphatic rings. The SMILES string of the molecule is CCC(c1c[nH]c2c(Cl)cccc12)C(C)C. The molecule has 0 aliphatic carbocycles. The highest BCUT2D eigenvalue weighted by atomic mass is 35.5. The lowest BCUT2D eigenvalue weighted by molar-refractivity contribution is 0.488. The number of hydrogen-bond donors (Lipinski definition) is 1. The molecule has 0 bridgehead atoms. The Hall–Kier alpha value is -0.950. The standard InChI is InChI=1S/C14H18ClN/c1-4-10(9(2)3)12-8-16-14-11(12)6-5-7-13(14)15/h5-10,16H,4H2,1-3H3. The summed E-state index contributed by atoms with van der Waals surface area (Å²) in [6, 6.07) is 6.10. The van der Waals surface area contributed by atoms with E-state index in [1.165, 1.54) is 10.9 Å². The van der Waals surface area contributed by atoms with E-state index in [-0.39, 0.29) is 0 Å². The summed E-state index contributed by atoms with van der Waals surface area (Å²) >= 11 is 6.17. The number of rotatable bonds is 3. The van der Waals surface area contributed by atoms with E-state index in [1.807, 2.05) is 12.1 Å². The van der Waals surface area contributed by atoms with Gasteiger partial charge in [-0.1, -0.05) is 44.5 Å². The quantitative estimate of drug-likeness (QED) is 0.773. The van der Waals surface area contributed by atoms with Gasteiger partial charge in [0.05, 0.1) is 10.5 Å². The lowest BCUT2D eigenvalue weighted by Crippen LogP contribution is -2.04. The van der Waals surface area contributed by atoms with Crippen LogP contribution in [0, 0.1) is 5.92 Å². The first-order valence-electron chi connectivity index (χ1n) is 5.90. The smallest absolute Gasteiger partial charge is 0.0647 e. The molecule has 1 atom stereocenters. The van der Waals surface area contributed by atoms with Crippen LogP contribution in [-0.2, 0) is 0 Å². The molecule has 86 valence electrons. The van der Waals surface area contributed by atoms with Crippen molar-refractivity contribution < 1.29 is 0 Å². The first kappa shape index (κ1) is 11.5. The van der Waals surface area contributed by atoms with Crippen LogP contribution in [0.2, 0.25) is 5.02 Å². The Kier molecular flexibility index (Phi) is 3.25. The van der Waals surface area contributed by atoms with Gasteiger partial charge in [-0.2, -0.15) is 0 Å². The van der Waals surface area contributed by atoms with Crippen LogP contribution in [0.15, 0.2) is 24.4 Å². The van der Waals surface area contributed by atoms with Crippen molar-refractivity contribution in [2.75, 3.05) is 0 Å². The van der Waals surface area contributed by atoms with Gasteiger partial charge in [0, 0.05) is 11.6 Å². The third kappa shape index (κ3) is 1.84. The van der Waals surface area contributed by atoms with E-state index in [4.69, 9.17) is 11.6 Å². The molecule has 1 nitrogen and oxygen atoms in total. The lowest BCUT2D eigenvalue weighted by Gasteiger charge is -2.18. The number of benzene rings is 1. The molecule has 1 unspecified atom stereocenters. The molecule has 0 saturated heterocycles. The molecule has 2 aromatic rings. The van der Waals surface area contributed by atoms with Gasteiger partial charge in [-0.05, 0) is 29.9 Å². The maximum absolute atomic E-state index is 6.17.